The van der Waals surface area contributed by atoms with E-state index in [0.717, 1.165) is 0 Å². The average Bonchev–Trinajstić information content (AvgIpc) is 2.70. The highest BCUT2D eigenvalue weighted by Gasteiger charge is 2.27. The Morgan fingerprint density at radius 1 is 1.55 bits per heavy atom. The number of hydrogen-bond donors (Lipinski definition) is 1. The van der Waals surface area contributed by atoms with Gasteiger partial charge < -0.3 is 19.8 Å². The molecule has 1 fully saturated rings. The van der Waals surface area contributed by atoms with Crippen LogP contribution in [0.1, 0.15) is 34.1 Å². The number of hydrazine groups is 1. The average molecular weight is 291 g/mol. The van der Waals surface area contributed by atoms with Crippen molar-refractivity contribution in [1.29, 1.82) is 0 Å². The standard InChI is InChI=1S/C11H21N3O6/c1-8(18-10(16)19-11(2,3)4)20-12-14(17)13-6-5-9(15)7-13/h8-9,15H,5-7H2,1-4H3/b14-12-. The van der Waals surface area contributed by atoms with E-state index in [9.17, 15) is 15.1 Å². The summed E-state index contributed by atoms with van der Waals surface area (Å²) in [5.74, 6) is 0. The van der Waals surface area contributed by atoms with Gasteiger partial charge in [0.1, 0.15) is 12.1 Å². The molecule has 116 valence electrons. The van der Waals surface area contributed by atoms with Crippen molar-refractivity contribution in [3.05, 3.63) is 5.21 Å². The number of carbonyl (C=O) groups is 1. The van der Waals surface area contributed by atoms with Crippen molar-refractivity contribution in [2.45, 2.75) is 52.1 Å². The molecule has 1 rings (SSSR count). The van der Waals surface area contributed by atoms with Crippen LogP contribution in [0.4, 0.5) is 4.79 Å². The second kappa shape index (κ2) is 6.60. The molecule has 1 N–H and O–H groups in total. The quantitative estimate of drug-likeness (QED) is 0.272. The number of ether oxygens (including phenoxy) is 2. The molecule has 9 nitrogen and oxygen atoms in total. The van der Waals surface area contributed by atoms with E-state index < -0.39 is 24.2 Å². The van der Waals surface area contributed by atoms with Crippen LogP contribution in [0, 0.1) is 5.21 Å². The summed E-state index contributed by atoms with van der Waals surface area (Å²) in [6.07, 6.45) is -2.02. The number of aliphatic hydroxyl groups excluding tert-OH is 1. The fraction of sp³-hybridized carbons (Fsp3) is 0.909. The molecule has 1 saturated heterocycles. The van der Waals surface area contributed by atoms with Crippen LogP contribution in [-0.2, 0) is 14.3 Å². The van der Waals surface area contributed by atoms with Crippen LogP contribution in [-0.4, -0.2) is 52.3 Å². The van der Waals surface area contributed by atoms with Crippen molar-refractivity contribution >= 4 is 6.16 Å². The van der Waals surface area contributed by atoms with Crippen molar-refractivity contribution < 1.29 is 29.2 Å². The van der Waals surface area contributed by atoms with E-state index in [1.165, 1.54) is 11.9 Å². The molecule has 0 aromatic heterocycles. The molecule has 0 aromatic carbocycles. The van der Waals surface area contributed by atoms with Crippen LogP contribution in [0.2, 0.25) is 0 Å². The largest absolute Gasteiger partial charge is 0.569 e. The summed E-state index contributed by atoms with van der Waals surface area (Å²) in [5.41, 5.74) is -0.676. The Hall–Kier alpha value is -1.77. The molecular weight excluding hydrogens is 270 g/mol. The molecule has 9 heteroatoms. The summed E-state index contributed by atoms with van der Waals surface area (Å²) in [5, 5.41) is 25.3. The normalized spacial score (nSPS) is 21.6. The van der Waals surface area contributed by atoms with Gasteiger partial charge in [-0.2, -0.15) is 0 Å². The van der Waals surface area contributed by atoms with Crippen LogP contribution in [0.15, 0.2) is 5.28 Å². The van der Waals surface area contributed by atoms with Gasteiger partial charge in [-0.1, -0.05) is 0 Å². The van der Waals surface area contributed by atoms with Crippen LogP contribution < -0.4 is 0 Å². The second-order valence-electron chi connectivity index (χ2n) is 5.44. The molecule has 20 heavy (non-hydrogen) atoms. The highest BCUT2D eigenvalue weighted by Crippen LogP contribution is 2.11. The first-order valence-corrected chi connectivity index (χ1v) is 6.34. The zero-order chi connectivity index (χ0) is 15.3. The summed E-state index contributed by atoms with van der Waals surface area (Å²) in [4.78, 5) is 16.3. The Kier molecular flexibility index (Phi) is 5.37. The maximum atomic E-state index is 11.5. The summed E-state index contributed by atoms with van der Waals surface area (Å²) in [6, 6.07) is 0. The molecule has 0 amide bonds. The van der Waals surface area contributed by atoms with Crippen LogP contribution >= 0.6 is 0 Å². The molecule has 0 aromatic rings. The van der Waals surface area contributed by atoms with Gasteiger partial charge in [-0.05, 0) is 27.2 Å². The lowest BCUT2D eigenvalue weighted by atomic mass is 10.2. The molecule has 1 aliphatic heterocycles. The number of β-amino-alcohol motifs (C(OH)–C–C–N with tert-alkyl or cyclic N) is 1. The van der Waals surface area contributed by atoms with Crippen LogP contribution in [0.3, 0.4) is 0 Å². The predicted molar refractivity (Wildman–Crippen MR) is 66.1 cm³/mol. The summed E-state index contributed by atoms with van der Waals surface area (Å²) in [7, 11) is 0. The Balaban J connectivity index is 2.35. The molecule has 0 bridgehead atoms. The first kappa shape index (κ1) is 16.3. The van der Waals surface area contributed by atoms with E-state index in [1.807, 2.05) is 0 Å². The molecule has 0 saturated carbocycles. The monoisotopic (exact) mass is 291 g/mol. The van der Waals surface area contributed by atoms with Crippen molar-refractivity contribution in [1.82, 2.24) is 5.01 Å². The number of aliphatic hydroxyl groups is 1. The number of carbonyl (C=O) groups excluding carboxylic acids is 1. The molecule has 0 spiro atoms. The first-order valence-electron chi connectivity index (χ1n) is 6.34. The summed E-state index contributed by atoms with van der Waals surface area (Å²) < 4.78 is 9.66. The fourth-order valence-electron chi connectivity index (χ4n) is 1.47. The van der Waals surface area contributed by atoms with Crippen molar-refractivity contribution in [3.8, 4) is 0 Å². The number of nitrogens with zero attached hydrogens (tertiary/aromatic N) is 3. The smallest absolute Gasteiger partial charge is 0.511 e. The van der Waals surface area contributed by atoms with Gasteiger partial charge in [-0.25, -0.2) is 4.79 Å². The minimum absolute atomic E-state index is 0.192. The lowest BCUT2D eigenvalue weighted by Crippen LogP contribution is -2.30. The first-order chi connectivity index (χ1) is 9.17. The maximum absolute atomic E-state index is 11.5. The summed E-state index contributed by atoms with van der Waals surface area (Å²) in [6.45, 7) is 7.07. The van der Waals surface area contributed by atoms with Gasteiger partial charge in [0.25, 0.3) is 6.29 Å². The van der Waals surface area contributed by atoms with Crippen LogP contribution in [0.25, 0.3) is 0 Å². The van der Waals surface area contributed by atoms with E-state index in [-0.39, 0.29) is 11.5 Å². The van der Waals surface area contributed by atoms with Crippen molar-refractivity contribution in [2.24, 2.45) is 5.28 Å². The molecule has 2 unspecified atom stereocenters. The van der Waals surface area contributed by atoms with Gasteiger partial charge in [-0.3, -0.25) is 4.84 Å². The third kappa shape index (κ3) is 5.91. The molecule has 0 aliphatic carbocycles. The van der Waals surface area contributed by atoms with E-state index >= 15 is 0 Å². The van der Waals surface area contributed by atoms with E-state index in [2.05, 4.69) is 5.28 Å². The fourth-order valence-corrected chi connectivity index (χ4v) is 1.47. The zero-order valence-corrected chi connectivity index (χ0v) is 12.1. The highest BCUT2D eigenvalue weighted by atomic mass is 16.8. The predicted octanol–water partition coefficient (Wildman–Crippen LogP) is 1.16. The van der Waals surface area contributed by atoms with E-state index in [4.69, 9.17) is 14.3 Å². The molecule has 1 aliphatic rings. The van der Waals surface area contributed by atoms with Crippen molar-refractivity contribution in [3.63, 3.8) is 0 Å². The van der Waals surface area contributed by atoms with Gasteiger partial charge in [0, 0.05) is 6.92 Å². The Labute approximate surface area is 117 Å². The lowest BCUT2D eigenvalue weighted by Gasteiger charge is -2.19. The maximum Gasteiger partial charge on any atom is 0.511 e. The van der Waals surface area contributed by atoms with Gasteiger partial charge in [0.05, 0.1) is 17.6 Å². The van der Waals surface area contributed by atoms with Gasteiger partial charge in [-0.15, -0.1) is 5.01 Å². The van der Waals surface area contributed by atoms with Gasteiger partial charge in [0.15, 0.2) is 0 Å². The SMILES string of the molecule is CC(O/N=[N+](\[O-])N1CCC(O)C1)OC(=O)OC(C)(C)C. The van der Waals surface area contributed by atoms with Gasteiger partial charge in [0.2, 0.25) is 5.28 Å². The van der Waals surface area contributed by atoms with E-state index in [0.29, 0.717) is 13.0 Å². The number of rotatable bonds is 4. The molecule has 2 atom stereocenters. The zero-order valence-electron chi connectivity index (χ0n) is 12.1. The second-order valence-corrected chi connectivity index (χ2v) is 5.44. The molecule has 0 radical (unpaired) electrons. The molecular formula is C11H21N3O6. The minimum Gasteiger partial charge on any atom is -0.569 e. The lowest BCUT2D eigenvalue weighted by molar-refractivity contribution is -0.710. The Bertz CT molecular complexity index is 368. The Morgan fingerprint density at radius 3 is 2.70 bits per heavy atom. The third-order valence-corrected chi connectivity index (χ3v) is 2.30. The van der Waals surface area contributed by atoms with E-state index in [1.54, 1.807) is 20.8 Å². The topological polar surface area (TPSA) is 107 Å². The minimum atomic E-state index is -1.06. The third-order valence-electron chi connectivity index (χ3n) is 2.30. The Morgan fingerprint density at radius 2 is 2.20 bits per heavy atom. The molecule has 1 heterocycles. The van der Waals surface area contributed by atoms with Crippen molar-refractivity contribution in [2.75, 3.05) is 13.1 Å². The highest BCUT2D eigenvalue weighted by molar-refractivity contribution is 5.60. The summed E-state index contributed by atoms with van der Waals surface area (Å²) >= 11 is 0. The van der Waals surface area contributed by atoms with Crippen LogP contribution in [0.5, 0.6) is 0 Å². The van der Waals surface area contributed by atoms with Gasteiger partial charge >= 0.3 is 6.16 Å². The number of hydrogen-bond acceptors (Lipinski definition) is 7.